The molecule has 1 aliphatic rings. The zero-order valence-electron chi connectivity index (χ0n) is 17.4. The Morgan fingerprint density at radius 1 is 0.879 bits per heavy atom. The fraction of sp³-hybridized carbons (Fsp3) is 0.400. The molecule has 0 N–H and O–H groups in total. The van der Waals surface area contributed by atoms with Gasteiger partial charge in [0.25, 0.3) is 0 Å². The summed E-state index contributed by atoms with van der Waals surface area (Å²) in [7, 11) is 2.93. The second kappa shape index (κ2) is 9.32. The maximum Gasteiger partial charge on any atom is 0.432 e. The van der Waals surface area contributed by atoms with Gasteiger partial charge in [-0.05, 0) is 23.8 Å². The van der Waals surface area contributed by atoms with Gasteiger partial charge in [0.15, 0.2) is 0 Å². The third-order valence-corrected chi connectivity index (χ3v) is 4.85. The van der Waals surface area contributed by atoms with Crippen molar-refractivity contribution in [2.24, 2.45) is 5.92 Å². The molecule has 0 radical (unpaired) electrons. The average Bonchev–Trinajstić information content (AvgIpc) is 2.76. The van der Waals surface area contributed by atoms with E-state index in [1.165, 1.54) is 31.4 Å². The summed E-state index contributed by atoms with van der Waals surface area (Å²) < 4.78 is 109. The molecular formula is C20H18F7NO5. The zero-order chi connectivity index (χ0) is 25.2. The Labute approximate surface area is 183 Å². The molecule has 0 aliphatic carbocycles. The molecule has 0 spiro atoms. The number of esters is 2. The van der Waals surface area contributed by atoms with E-state index in [0.717, 1.165) is 12.0 Å². The normalized spacial score (nSPS) is 17.2. The predicted octanol–water partition coefficient (Wildman–Crippen LogP) is 4.07. The lowest BCUT2D eigenvalue weighted by Gasteiger charge is -2.39. The van der Waals surface area contributed by atoms with Crippen molar-refractivity contribution >= 4 is 11.9 Å². The Kier molecular flexibility index (Phi) is 7.34. The first-order valence-electron chi connectivity index (χ1n) is 9.03. The van der Waals surface area contributed by atoms with Gasteiger partial charge in [0, 0.05) is 12.7 Å². The fourth-order valence-corrected chi connectivity index (χ4v) is 3.15. The minimum absolute atomic E-state index is 0.0720. The number of hydrogen-bond donors (Lipinski definition) is 0. The summed E-state index contributed by atoms with van der Waals surface area (Å²) >= 11 is 0. The second-order valence-electron chi connectivity index (χ2n) is 6.78. The van der Waals surface area contributed by atoms with Gasteiger partial charge in [-0.15, -0.1) is 0 Å². The maximum atomic E-state index is 14.9. The molecule has 1 aliphatic heterocycles. The van der Waals surface area contributed by atoms with Crippen LogP contribution in [0.25, 0.3) is 0 Å². The number of carbonyl (C=O) groups excluding carboxylic acids is 2. The first-order valence-corrected chi connectivity index (χ1v) is 9.03. The Hall–Kier alpha value is -3.25. The third-order valence-electron chi connectivity index (χ3n) is 4.85. The summed E-state index contributed by atoms with van der Waals surface area (Å²) in [5.41, 5.74) is -7.61. The highest BCUT2D eigenvalue weighted by Gasteiger charge is 2.76. The lowest BCUT2D eigenvalue weighted by Crippen LogP contribution is -2.59. The van der Waals surface area contributed by atoms with Crippen LogP contribution in [0.1, 0.15) is 5.56 Å². The molecule has 33 heavy (non-hydrogen) atoms. The van der Waals surface area contributed by atoms with Crippen LogP contribution in [0.4, 0.5) is 30.7 Å². The molecular weight excluding hydrogens is 467 g/mol. The molecule has 182 valence electrons. The van der Waals surface area contributed by atoms with Crippen LogP contribution in [0.2, 0.25) is 0 Å². The summed E-state index contributed by atoms with van der Waals surface area (Å²) in [6.07, 6.45) is -12.4. The molecule has 6 nitrogen and oxygen atoms in total. The topological polar surface area (TPSA) is 65.1 Å². The molecule has 0 fully saturated rings. The van der Waals surface area contributed by atoms with Crippen LogP contribution in [0.5, 0.6) is 5.75 Å². The van der Waals surface area contributed by atoms with Crippen LogP contribution >= 0.6 is 0 Å². The molecule has 1 unspecified atom stereocenters. The minimum Gasteiger partial charge on any atom is -0.497 e. The first-order chi connectivity index (χ1) is 15.2. The summed E-state index contributed by atoms with van der Waals surface area (Å²) in [5.74, 6) is -5.81. The molecule has 0 aromatic heterocycles. The second-order valence-corrected chi connectivity index (χ2v) is 6.78. The Morgan fingerprint density at radius 2 is 1.39 bits per heavy atom. The molecule has 1 aromatic carbocycles. The monoisotopic (exact) mass is 485 g/mol. The van der Waals surface area contributed by atoms with E-state index in [2.05, 4.69) is 9.47 Å². The van der Waals surface area contributed by atoms with Crippen molar-refractivity contribution in [1.29, 1.82) is 0 Å². The fourth-order valence-electron chi connectivity index (χ4n) is 3.15. The summed E-state index contributed by atoms with van der Waals surface area (Å²) in [4.78, 5) is 25.2. The van der Waals surface area contributed by atoms with Gasteiger partial charge in [-0.2, -0.15) is 26.3 Å². The highest BCUT2D eigenvalue weighted by Crippen LogP contribution is 2.54. The van der Waals surface area contributed by atoms with Gasteiger partial charge >= 0.3 is 30.0 Å². The van der Waals surface area contributed by atoms with Gasteiger partial charge in [0.05, 0.1) is 32.8 Å². The number of rotatable bonds is 6. The lowest BCUT2D eigenvalue weighted by molar-refractivity contribution is -0.350. The van der Waals surface area contributed by atoms with Crippen LogP contribution in [-0.4, -0.2) is 56.2 Å². The third kappa shape index (κ3) is 4.91. The molecule has 0 amide bonds. The van der Waals surface area contributed by atoms with Gasteiger partial charge in [-0.1, -0.05) is 12.1 Å². The number of ether oxygens (including phenoxy) is 3. The highest BCUT2D eigenvalue weighted by molar-refractivity contribution is 5.93. The standard InChI is InChI=1S/C20H18F7NO5/c1-31-12-6-4-11(5-7-12)9-28-10-13(16(29)32-2)14(8-15(28)17(30)33-3)18(21,19(22,23)24)20(25,26)27/h4-8,10,14H,9H2,1-3H3. The van der Waals surface area contributed by atoms with Crippen molar-refractivity contribution < 1.29 is 54.5 Å². The molecule has 1 aromatic rings. The number of alkyl halides is 7. The van der Waals surface area contributed by atoms with Gasteiger partial charge in [-0.3, -0.25) is 0 Å². The minimum atomic E-state index is -6.49. The van der Waals surface area contributed by atoms with E-state index in [-0.39, 0.29) is 12.6 Å². The van der Waals surface area contributed by atoms with Crippen LogP contribution in [-0.2, 0) is 25.6 Å². The van der Waals surface area contributed by atoms with Crippen LogP contribution < -0.4 is 4.74 Å². The largest absolute Gasteiger partial charge is 0.497 e. The van der Waals surface area contributed by atoms with Crippen molar-refractivity contribution in [2.45, 2.75) is 24.6 Å². The van der Waals surface area contributed by atoms with Crippen molar-refractivity contribution in [3.63, 3.8) is 0 Å². The summed E-state index contributed by atoms with van der Waals surface area (Å²) in [6.45, 7) is -0.296. The average molecular weight is 485 g/mol. The molecule has 1 atom stereocenters. The Morgan fingerprint density at radius 3 is 1.82 bits per heavy atom. The van der Waals surface area contributed by atoms with E-state index in [9.17, 15) is 40.3 Å². The van der Waals surface area contributed by atoms with E-state index in [0.29, 0.717) is 24.6 Å². The molecule has 0 bridgehead atoms. The molecule has 1 heterocycles. The number of nitrogens with zero attached hydrogens (tertiary/aromatic N) is 1. The smallest absolute Gasteiger partial charge is 0.432 e. The summed E-state index contributed by atoms with van der Waals surface area (Å²) in [6, 6.07) is 6.01. The lowest BCUT2D eigenvalue weighted by atomic mass is 9.79. The number of methoxy groups -OCH3 is 3. The highest BCUT2D eigenvalue weighted by atomic mass is 19.4. The van der Waals surface area contributed by atoms with E-state index >= 15 is 0 Å². The van der Waals surface area contributed by atoms with Crippen LogP contribution in [0.3, 0.4) is 0 Å². The van der Waals surface area contributed by atoms with Gasteiger partial charge in [0.1, 0.15) is 11.4 Å². The Bertz CT molecular complexity index is 937. The van der Waals surface area contributed by atoms with E-state index in [1.807, 2.05) is 0 Å². The van der Waals surface area contributed by atoms with Crippen LogP contribution in [0, 0.1) is 5.92 Å². The predicted molar refractivity (Wildman–Crippen MR) is 98.2 cm³/mol. The van der Waals surface area contributed by atoms with Crippen molar-refractivity contribution in [1.82, 2.24) is 4.90 Å². The number of allylic oxidation sites excluding steroid dienone is 1. The number of carbonyl (C=O) groups is 2. The molecule has 2 rings (SSSR count). The molecule has 0 saturated heterocycles. The van der Waals surface area contributed by atoms with Gasteiger partial charge in [0.2, 0.25) is 0 Å². The number of halogens is 7. The van der Waals surface area contributed by atoms with Gasteiger partial charge in [-0.25, -0.2) is 14.0 Å². The van der Waals surface area contributed by atoms with Crippen molar-refractivity contribution in [3.05, 3.63) is 53.4 Å². The SMILES string of the molecule is COC(=O)C1=CN(Cc2ccc(OC)cc2)C(C(=O)OC)=CC1C(F)(C(F)(F)F)C(F)(F)F. The van der Waals surface area contributed by atoms with E-state index in [1.54, 1.807) is 0 Å². The number of benzene rings is 1. The maximum absolute atomic E-state index is 14.9. The van der Waals surface area contributed by atoms with Crippen LogP contribution in [0.15, 0.2) is 47.8 Å². The zero-order valence-corrected chi connectivity index (χ0v) is 17.4. The van der Waals surface area contributed by atoms with Gasteiger partial charge < -0.3 is 19.1 Å². The van der Waals surface area contributed by atoms with E-state index < -0.39 is 47.1 Å². The summed E-state index contributed by atoms with van der Waals surface area (Å²) in [5, 5.41) is 0. The van der Waals surface area contributed by atoms with Crippen molar-refractivity contribution in [2.75, 3.05) is 21.3 Å². The number of hydrogen-bond acceptors (Lipinski definition) is 6. The Balaban J connectivity index is 2.69. The molecule has 13 heteroatoms. The van der Waals surface area contributed by atoms with E-state index in [4.69, 9.17) is 4.74 Å². The quantitative estimate of drug-likeness (QED) is 0.447. The van der Waals surface area contributed by atoms with Crippen molar-refractivity contribution in [3.8, 4) is 5.75 Å². The molecule has 0 saturated carbocycles. The first kappa shape index (κ1) is 26.0.